The fourth-order valence-electron chi connectivity index (χ4n) is 3.11. The molecule has 1 unspecified atom stereocenters. The van der Waals surface area contributed by atoms with Crippen molar-refractivity contribution in [2.24, 2.45) is 0 Å². The van der Waals surface area contributed by atoms with Gasteiger partial charge in [0.1, 0.15) is 6.33 Å². The molecule has 1 aromatic carbocycles. The van der Waals surface area contributed by atoms with Crippen molar-refractivity contribution in [2.75, 3.05) is 6.54 Å². The van der Waals surface area contributed by atoms with E-state index in [0.29, 0.717) is 18.0 Å². The van der Waals surface area contributed by atoms with E-state index in [-0.39, 0.29) is 6.04 Å². The van der Waals surface area contributed by atoms with Gasteiger partial charge in [-0.3, -0.25) is 4.90 Å². The zero-order valence-corrected chi connectivity index (χ0v) is 13.6. The number of carboxylic acid groups (broad SMARTS) is 1. The largest absolute Gasteiger partial charge is 0.465 e. The SMILES string of the molecule is Cc1ncnc(C2CCCN2C(=O)O)c1Cc1ccc(Cl)cc1. The number of nitrogens with zero attached hydrogens (tertiary/aromatic N) is 3. The number of benzene rings is 1. The van der Waals surface area contributed by atoms with Gasteiger partial charge in [-0.2, -0.15) is 0 Å². The Morgan fingerprint density at radius 2 is 2.09 bits per heavy atom. The van der Waals surface area contributed by atoms with Gasteiger partial charge in [0.05, 0.1) is 11.7 Å². The number of carbonyl (C=O) groups is 1. The van der Waals surface area contributed by atoms with Crippen LogP contribution in [0.3, 0.4) is 0 Å². The van der Waals surface area contributed by atoms with Crippen LogP contribution < -0.4 is 0 Å². The van der Waals surface area contributed by atoms with Crippen LogP contribution in [0.15, 0.2) is 30.6 Å². The normalized spacial score (nSPS) is 17.5. The predicted molar refractivity (Wildman–Crippen MR) is 87.7 cm³/mol. The van der Waals surface area contributed by atoms with Crippen LogP contribution in [0.1, 0.15) is 41.4 Å². The van der Waals surface area contributed by atoms with Gasteiger partial charge in [0.2, 0.25) is 0 Å². The van der Waals surface area contributed by atoms with Crippen molar-refractivity contribution >= 4 is 17.7 Å². The molecule has 2 aromatic rings. The molecule has 1 aromatic heterocycles. The fraction of sp³-hybridized carbons (Fsp3) is 0.353. The van der Waals surface area contributed by atoms with Crippen molar-refractivity contribution in [2.45, 2.75) is 32.2 Å². The summed E-state index contributed by atoms with van der Waals surface area (Å²) in [6.45, 7) is 2.50. The highest BCUT2D eigenvalue weighted by Crippen LogP contribution is 2.34. The molecule has 0 saturated carbocycles. The molecule has 0 radical (unpaired) electrons. The summed E-state index contributed by atoms with van der Waals surface area (Å²) in [5.74, 6) is 0. The summed E-state index contributed by atoms with van der Waals surface area (Å²) in [5, 5.41) is 10.1. The first-order valence-corrected chi connectivity index (χ1v) is 7.98. The standard InChI is InChI=1S/C17H18ClN3O2/c1-11-14(9-12-4-6-13(18)7-5-12)16(20-10-19-11)15-3-2-8-21(15)17(22)23/h4-7,10,15H,2-3,8-9H2,1H3,(H,22,23). The Bertz CT molecular complexity index is 718. The minimum atomic E-state index is -0.888. The van der Waals surface area contributed by atoms with Crippen LogP contribution in [-0.4, -0.2) is 32.6 Å². The van der Waals surface area contributed by atoms with Crippen molar-refractivity contribution in [3.05, 3.63) is 58.1 Å². The molecule has 0 aliphatic carbocycles. The van der Waals surface area contributed by atoms with Gasteiger partial charge in [-0.25, -0.2) is 14.8 Å². The average Bonchev–Trinajstić information content (AvgIpc) is 3.01. The lowest BCUT2D eigenvalue weighted by Crippen LogP contribution is -2.30. The summed E-state index contributed by atoms with van der Waals surface area (Å²) in [6, 6.07) is 7.48. The molecule has 1 atom stereocenters. The maximum atomic E-state index is 11.4. The number of aryl methyl sites for hydroxylation is 1. The molecule has 0 bridgehead atoms. The molecule has 23 heavy (non-hydrogen) atoms. The van der Waals surface area contributed by atoms with Crippen LogP contribution in [0.4, 0.5) is 4.79 Å². The van der Waals surface area contributed by atoms with Crippen LogP contribution in [0.25, 0.3) is 0 Å². The summed E-state index contributed by atoms with van der Waals surface area (Å²) >= 11 is 5.94. The molecule has 120 valence electrons. The molecular weight excluding hydrogens is 314 g/mol. The van der Waals surface area contributed by atoms with Crippen molar-refractivity contribution in [1.29, 1.82) is 0 Å². The van der Waals surface area contributed by atoms with Gasteiger partial charge in [0.25, 0.3) is 0 Å². The van der Waals surface area contributed by atoms with Crippen molar-refractivity contribution in [3.63, 3.8) is 0 Å². The lowest BCUT2D eigenvalue weighted by atomic mass is 9.97. The van der Waals surface area contributed by atoms with Crippen LogP contribution in [-0.2, 0) is 6.42 Å². The van der Waals surface area contributed by atoms with E-state index in [1.807, 2.05) is 31.2 Å². The number of aromatic nitrogens is 2. The van der Waals surface area contributed by atoms with Gasteiger partial charge in [0, 0.05) is 29.2 Å². The summed E-state index contributed by atoms with van der Waals surface area (Å²) in [5.41, 5.74) is 3.83. The third-order valence-electron chi connectivity index (χ3n) is 4.30. The van der Waals surface area contributed by atoms with Gasteiger partial charge in [0.15, 0.2) is 0 Å². The molecule has 1 aliphatic heterocycles. The molecule has 2 heterocycles. The van der Waals surface area contributed by atoms with Crippen molar-refractivity contribution < 1.29 is 9.90 Å². The van der Waals surface area contributed by atoms with E-state index in [9.17, 15) is 9.90 Å². The third-order valence-corrected chi connectivity index (χ3v) is 4.55. The van der Waals surface area contributed by atoms with Crippen LogP contribution >= 0.6 is 11.6 Å². The topological polar surface area (TPSA) is 66.3 Å². The third kappa shape index (κ3) is 3.29. The van der Waals surface area contributed by atoms with Gasteiger partial charge >= 0.3 is 6.09 Å². The molecule has 1 saturated heterocycles. The minimum Gasteiger partial charge on any atom is -0.465 e. The molecule has 1 N–H and O–H groups in total. The monoisotopic (exact) mass is 331 g/mol. The fourth-order valence-corrected chi connectivity index (χ4v) is 3.24. The Morgan fingerprint density at radius 3 is 2.78 bits per heavy atom. The molecule has 0 spiro atoms. The van der Waals surface area contributed by atoms with E-state index in [4.69, 9.17) is 11.6 Å². The zero-order valence-electron chi connectivity index (χ0n) is 12.9. The zero-order chi connectivity index (χ0) is 16.4. The Balaban J connectivity index is 1.96. The summed E-state index contributed by atoms with van der Waals surface area (Å²) < 4.78 is 0. The molecule has 3 rings (SSSR count). The highest BCUT2D eigenvalue weighted by Gasteiger charge is 2.32. The lowest BCUT2D eigenvalue weighted by Gasteiger charge is -2.23. The molecule has 1 amide bonds. The molecule has 6 heteroatoms. The second kappa shape index (κ2) is 6.54. The number of halogens is 1. The second-order valence-electron chi connectivity index (χ2n) is 5.76. The number of hydrogen-bond acceptors (Lipinski definition) is 3. The van der Waals surface area contributed by atoms with Crippen LogP contribution in [0.2, 0.25) is 5.02 Å². The van der Waals surface area contributed by atoms with E-state index in [1.54, 1.807) is 0 Å². The van der Waals surface area contributed by atoms with Gasteiger partial charge in [-0.1, -0.05) is 23.7 Å². The highest BCUT2D eigenvalue weighted by atomic mass is 35.5. The minimum absolute atomic E-state index is 0.184. The number of rotatable bonds is 3. The maximum Gasteiger partial charge on any atom is 0.407 e. The molecule has 5 nitrogen and oxygen atoms in total. The number of likely N-dealkylation sites (tertiary alicyclic amines) is 1. The Morgan fingerprint density at radius 1 is 1.35 bits per heavy atom. The second-order valence-corrected chi connectivity index (χ2v) is 6.20. The smallest absolute Gasteiger partial charge is 0.407 e. The van der Waals surface area contributed by atoms with Gasteiger partial charge < -0.3 is 5.11 Å². The van der Waals surface area contributed by atoms with E-state index < -0.39 is 6.09 Å². The Kier molecular flexibility index (Phi) is 4.48. The first-order chi connectivity index (χ1) is 11.1. The lowest BCUT2D eigenvalue weighted by molar-refractivity contribution is 0.139. The van der Waals surface area contributed by atoms with E-state index in [1.165, 1.54) is 11.2 Å². The van der Waals surface area contributed by atoms with E-state index in [2.05, 4.69) is 9.97 Å². The molecule has 1 fully saturated rings. The van der Waals surface area contributed by atoms with E-state index in [0.717, 1.165) is 35.4 Å². The molecule has 1 aliphatic rings. The maximum absolute atomic E-state index is 11.4. The number of hydrogen-bond donors (Lipinski definition) is 1. The average molecular weight is 332 g/mol. The van der Waals surface area contributed by atoms with Crippen molar-refractivity contribution in [1.82, 2.24) is 14.9 Å². The predicted octanol–water partition coefficient (Wildman–Crippen LogP) is 3.84. The first-order valence-electron chi connectivity index (χ1n) is 7.60. The highest BCUT2D eigenvalue weighted by molar-refractivity contribution is 6.30. The van der Waals surface area contributed by atoms with Gasteiger partial charge in [-0.05, 0) is 37.5 Å². The van der Waals surface area contributed by atoms with Gasteiger partial charge in [-0.15, -0.1) is 0 Å². The Labute approximate surface area is 139 Å². The molecular formula is C17H18ClN3O2. The summed E-state index contributed by atoms with van der Waals surface area (Å²) in [6.07, 6.45) is 2.97. The Hall–Kier alpha value is -2.14. The quantitative estimate of drug-likeness (QED) is 0.927. The summed E-state index contributed by atoms with van der Waals surface area (Å²) in [4.78, 5) is 21.6. The van der Waals surface area contributed by atoms with Crippen molar-refractivity contribution in [3.8, 4) is 0 Å². The number of amides is 1. The van der Waals surface area contributed by atoms with Crippen LogP contribution in [0.5, 0.6) is 0 Å². The summed E-state index contributed by atoms with van der Waals surface area (Å²) in [7, 11) is 0. The van der Waals surface area contributed by atoms with E-state index >= 15 is 0 Å². The first kappa shape index (κ1) is 15.7. The van der Waals surface area contributed by atoms with Crippen LogP contribution in [0, 0.1) is 6.92 Å².